The number of hydrogen-bond acceptors (Lipinski definition) is 7. The Hall–Kier alpha value is -2.52. The van der Waals surface area contributed by atoms with Gasteiger partial charge in [-0.1, -0.05) is 11.3 Å². The number of nitrogens with one attached hydrogen (secondary N) is 1. The largest absolute Gasteiger partial charge is 0.494 e. The molecule has 1 atom stereocenters. The normalized spacial score (nSPS) is 16.4. The number of benzene rings is 1. The third kappa shape index (κ3) is 5.05. The number of aromatic nitrogens is 2. The molecule has 1 aromatic heterocycles. The molecule has 1 aliphatic heterocycles. The van der Waals surface area contributed by atoms with Gasteiger partial charge in [-0.15, -0.1) is 10.2 Å². The first-order valence-corrected chi connectivity index (χ1v) is 10.2. The predicted molar refractivity (Wildman–Crippen MR) is 107 cm³/mol. The van der Waals surface area contributed by atoms with Gasteiger partial charge >= 0.3 is 0 Å². The molecule has 0 saturated carbocycles. The number of anilines is 2. The van der Waals surface area contributed by atoms with Gasteiger partial charge in [-0.3, -0.25) is 9.59 Å². The summed E-state index contributed by atoms with van der Waals surface area (Å²) in [5, 5.41) is 12.1. The molecule has 1 aromatic carbocycles. The third-order valence-electron chi connectivity index (χ3n) is 4.32. The van der Waals surface area contributed by atoms with Gasteiger partial charge in [0.2, 0.25) is 16.9 Å². The molecule has 9 heteroatoms. The van der Waals surface area contributed by atoms with Crippen molar-refractivity contribution in [3.05, 3.63) is 29.3 Å². The minimum absolute atomic E-state index is 0.0704. The highest BCUT2D eigenvalue weighted by Gasteiger charge is 2.35. The van der Waals surface area contributed by atoms with E-state index in [0.29, 0.717) is 37.9 Å². The van der Waals surface area contributed by atoms with Crippen molar-refractivity contribution in [2.24, 2.45) is 5.92 Å². The summed E-state index contributed by atoms with van der Waals surface area (Å²) in [6.45, 7) is 6.01. The number of nitrogens with zero attached hydrogens (tertiary/aromatic N) is 3. The summed E-state index contributed by atoms with van der Waals surface area (Å²) in [5.74, 6) is 0.0479. The number of carbonyl (C=O) groups excluding carboxylic acids is 2. The Morgan fingerprint density at radius 1 is 1.25 bits per heavy atom. The van der Waals surface area contributed by atoms with Crippen LogP contribution >= 0.6 is 11.3 Å². The highest BCUT2D eigenvalue weighted by Crippen LogP contribution is 2.28. The van der Waals surface area contributed by atoms with Gasteiger partial charge in [-0.05, 0) is 38.1 Å². The van der Waals surface area contributed by atoms with Crippen molar-refractivity contribution in [1.82, 2.24) is 10.2 Å². The number of rotatable bonds is 9. The molecule has 1 fully saturated rings. The zero-order valence-electron chi connectivity index (χ0n) is 16.0. The molecule has 2 aromatic rings. The van der Waals surface area contributed by atoms with Gasteiger partial charge in [0.25, 0.3) is 0 Å². The van der Waals surface area contributed by atoms with Gasteiger partial charge in [-0.25, -0.2) is 0 Å². The van der Waals surface area contributed by atoms with E-state index >= 15 is 0 Å². The van der Waals surface area contributed by atoms with Gasteiger partial charge in [-0.2, -0.15) is 0 Å². The van der Waals surface area contributed by atoms with Crippen molar-refractivity contribution >= 4 is 34.0 Å². The van der Waals surface area contributed by atoms with E-state index in [9.17, 15) is 9.59 Å². The Kier molecular flexibility index (Phi) is 6.94. The lowest BCUT2D eigenvalue weighted by Crippen LogP contribution is -2.28. The molecule has 1 aliphatic rings. The fourth-order valence-electron chi connectivity index (χ4n) is 2.94. The van der Waals surface area contributed by atoms with Crippen LogP contribution in [0.15, 0.2) is 24.3 Å². The molecule has 2 heterocycles. The fraction of sp³-hybridized carbons (Fsp3) is 0.474. The Balaban J connectivity index is 1.56. The van der Waals surface area contributed by atoms with Gasteiger partial charge in [0.1, 0.15) is 10.8 Å². The zero-order valence-corrected chi connectivity index (χ0v) is 16.8. The topological polar surface area (TPSA) is 93.7 Å². The quantitative estimate of drug-likeness (QED) is 0.646. The lowest BCUT2D eigenvalue weighted by molar-refractivity contribution is -0.122. The van der Waals surface area contributed by atoms with Crippen LogP contribution in [0.5, 0.6) is 5.75 Å². The van der Waals surface area contributed by atoms with Crippen LogP contribution in [0, 0.1) is 5.92 Å². The van der Waals surface area contributed by atoms with Crippen LogP contribution < -0.4 is 15.0 Å². The standard InChI is InChI=1S/C19H24N4O4S/c1-3-26-10-9-16-21-22-19(28-16)20-18(25)13-11-17(24)23(12-13)14-5-7-15(8-6-14)27-4-2/h5-8,13H,3-4,9-12H2,1-2H3,(H,20,22,25)/t13-/m0/s1. The molecule has 0 spiro atoms. The van der Waals surface area contributed by atoms with Crippen LogP contribution in [0.25, 0.3) is 0 Å². The van der Waals surface area contributed by atoms with E-state index in [-0.39, 0.29) is 18.2 Å². The maximum Gasteiger partial charge on any atom is 0.231 e. The lowest BCUT2D eigenvalue weighted by Gasteiger charge is -2.17. The number of hydrogen-bond donors (Lipinski definition) is 1. The average molecular weight is 404 g/mol. The molecule has 28 heavy (non-hydrogen) atoms. The highest BCUT2D eigenvalue weighted by molar-refractivity contribution is 7.15. The Morgan fingerprint density at radius 3 is 2.75 bits per heavy atom. The molecule has 150 valence electrons. The first-order valence-electron chi connectivity index (χ1n) is 9.35. The zero-order chi connectivity index (χ0) is 19.9. The van der Waals surface area contributed by atoms with E-state index in [1.54, 1.807) is 4.90 Å². The van der Waals surface area contributed by atoms with Crippen LogP contribution in [0.3, 0.4) is 0 Å². The van der Waals surface area contributed by atoms with Gasteiger partial charge < -0.3 is 19.7 Å². The van der Waals surface area contributed by atoms with Crippen LogP contribution in [0.1, 0.15) is 25.3 Å². The minimum atomic E-state index is -0.421. The summed E-state index contributed by atoms with van der Waals surface area (Å²) < 4.78 is 10.7. The van der Waals surface area contributed by atoms with Crippen molar-refractivity contribution in [1.29, 1.82) is 0 Å². The summed E-state index contributed by atoms with van der Waals surface area (Å²) in [7, 11) is 0. The fourth-order valence-corrected chi connectivity index (χ4v) is 3.66. The molecule has 0 unspecified atom stereocenters. The van der Waals surface area contributed by atoms with E-state index in [4.69, 9.17) is 9.47 Å². The minimum Gasteiger partial charge on any atom is -0.494 e. The predicted octanol–water partition coefficient (Wildman–Crippen LogP) is 2.51. The summed E-state index contributed by atoms with van der Waals surface area (Å²) in [4.78, 5) is 26.6. The van der Waals surface area contributed by atoms with Crippen LogP contribution in [0.4, 0.5) is 10.8 Å². The molecular weight excluding hydrogens is 380 g/mol. The van der Waals surface area contributed by atoms with E-state index in [1.807, 2.05) is 38.1 Å². The summed E-state index contributed by atoms with van der Waals surface area (Å²) >= 11 is 1.33. The molecule has 1 saturated heterocycles. The maximum absolute atomic E-state index is 12.6. The molecule has 1 N–H and O–H groups in total. The number of carbonyl (C=O) groups is 2. The second-order valence-corrected chi connectivity index (χ2v) is 7.33. The molecule has 0 bridgehead atoms. The summed E-state index contributed by atoms with van der Waals surface area (Å²) in [6.07, 6.45) is 0.837. The maximum atomic E-state index is 12.6. The molecular formula is C19H24N4O4S. The Labute approximate surface area is 167 Å². The number of ether oxygens (including phenoxy) is 2. The monoisotopic (exact) mass is 404 g/mol. The van der Waals surface area contributed by atoms with Crippen LogP contribution in [0.2, 0.25) is 0 Å². The van der Waals surface area contributed by atoms with Gasteiger partial charge in [0.05, 0.1) is 19.1 Å². The average Bonchev–Trinajstić information content (AvgIpc) is 3.29. The van der Waals surface area contributed by atoms with Gasteiger partial charge in [0.15, 0.2) is 0 Å². The van der Waals surface area contributed by atoms with E-state index in [0.717, 1.165) is 16.4 Å². The van der Waals surface area contributed by atoms with Crippen LogP contribution in [-0.4, -0.2) is 48.4 Å². The lowest BCUT2D eigenvalue weighted by atomic mass is 10.1. The van der Waals surface area contributed by atoms with E-state index in [2.05, 4.69) is 15.5 Å². The van der Waals surface area contributed by atoms with Crippen LogP contribution in [-0.2, 0) is 20.7 Å². The Morgan fingerprint density at radius 2 is 2.04 bits per heavy atom. The molecule has 2 amide bonds. The first-order chi connectivity index (χ1) is 13.6. The van der Waals surface area contributed by atoms with Crippen molar-refractivity contribution in [3.8, 4) is 5.75 Å². The third-order valence-corrected chi connectivity index (χ3v) is 5.22. The summed E-state index contributed by atoms with van der Waals surface area (Å²) in [6, 6.07) is 7.31. The molecule has 8 nitrogen and oxygen atoms in total. The first kappa shape index (κ1) is 20.2. The SMILES string of the molecule is CCOCCc1nnc(NC(=O)[C@H]2CC(=O)N(c3ccc(OCC)cc3)C2)s1. The van der Waals surface area contributed by atoms with E-state index < -0.39 is 5.92 Å². The second kappa shape index (κ2) is 9.61. The van der Waals surface area contributed by atoms with Crippen molar-refractivity contribution < 1.29 is 19.1 Å². The van der Waals surface area contributed by atoms with E-state index in [1.165, 1.54) is 11.3 Å². The smallest absolute Gasteiger partial charge is 0.231 e. The molecule has 3 rings (SSSR count). The molecule has 0 radical (unpaired) electrons. The van der Waals surface area contributed by atoms with Gasteiger partial charge in [0, 0.05) is 31.7 Å². The van der Waals surface area contributed by atoms with Crippen molar-refractivity contribution in [2.75, 3.05) is 36.6 Å². The second-order valence-electron chi connectivity index (χ2n) is 6.27. The van der Waals surface area contributed by atoms with Crippen molar-refractivity contribution in [2.45, 2.75) is 26.7 Å². The Bertz CT molecular complexity index is 809. The summed E-state index contributed by atoms with van der Waals surface area (Å²) in [5.41, 5.74) is 0.762. The van der Waals surface area contributed by atoms with Crippen molar-refractivity contribution in [3.63, 3.8) is 0 Å². The highest BCUT2D eigenvalue weighted by atomic mass is 32.1. The number of amides is 2. The molecule has 0 aliphatic carbocycles.